The van der Waals surface area contributed by atoms with Crippen LogP contribution in [0.3, 0.4) is 0 Å². The van der Waals surface area contributed by atoms with Gasteiger partial charge in [-0.05, 0) is 0 Å². The van der Waals surface area contributed by atoms with Crippen LogP contribution in [0.4, 0.5) is 0 Å². The molecule has 0 heterocycles. The molecule has 0 aliphatic carbocycles. The van der Waals surface area contributed by atoms with Crippen molar-refractivity contribution >= 4 is 60.8 Å². The normalized spacial score (nSPS) is 0. The fourth-order valence-electron chi connectivity index (χ4n) is 0. The van der Waals surface area contributed by atoms with Gasteiger partial charge in [-0.3, -0.25) is 0 Å². The Balaban J connectivity index is 0. The number of hydrogen-bond donors (Lipinski definition) is 0. The van der Waals surface area contributed by atoms with Crippen molar-refractivity contribution in [2.75, 3.05) is 0 Å². The van der Waals surface area contributed by atoms with Gasteiger partial charge >= 0.3 is 82.5 Å². The summed E-state index contributed by atoms with van der Waals surface area (Å²) in [6.45, 7) is 0. The quantitative estimate of drug-likeness (QED) is 0.354. The van der Waals surface area contributed by atoms with E-state index in [2.05, 4.69) is 0 Å². The van der Waals surface area contributed by atoms with Gasteiger partial charge in [0.1, 0.15) is 0 Å². The van der Waals surface area contributed by atoms with Crippen LogP contribution in [-0.2, 0) is 32.7 Å². The third kappa shape index (κ3) is 20.4. The van der Waals surface area contributed by atoms with Crippen molar-refractivity contribution in [3.63, 3.8) is 0 Å². The maximum absolute atomic E-state index is 0. The van der Waals surface area contributed by atoms with Crippen molar-refractivity contribution in [3.05, 3.63) is 0 Å². The molecule has 5 heteroatoms. The Kier molecular flexibility index (Phi) is 290. The van der Waals surface area contributed by atoms with Crippen molar-refractivity contribution in [3.8, 4) is 0 Å². The zero-order valence-electron chi connectivity index (χ0n) is 1.32. The van der Waals surface area contributed by atoms with Gasteiger partial charge in [-0.25, -0.2) is 0 Å². The van der Waals surface area contributed by atoms with E-state index in [0.29, 0.717) is 0 Å². The van der Waals surface area contributed by atoms with Crippen LogP contribution < -0.4 is 0 Å². The summed E-state index contributed by atoms with van der Waals surface area (Å²) in [5, 5.41) is 0. The SMILES string of the molecule is [CaH2].[MgH2].[O-2].[O-2].[Ti+4]. The molecule has 5 heavy (non-hydrogen) atoms. The zero-order valence-corrected chi connectivity index (χ0v) is 2.88. The molecule has 0 spiro atoms. The summed E-state index contributed by atoms with van der Waals surface area (Å²) in [6.07, 6.45) is 0. The minimum atomic E-state index is 0. The van der Waals surface area contributed by atoms with E-state index in [9.17, 15) is 0 Å². The third-order valence-electron chi connectivity index (χ3n) is 0. The summed E-state index contributed by atoms with van der Waals surface area (Å²) in [7, 11) is 0. The van der Waals surface area contributed by atoms with Crippen molar-refractivity contribution < 1.29 is 32.7 Å². The Labute approximate surface area is 91.7 Å². The molecule has 0 aliphatic heterocycles. The molecule has 0 amide bonds. The van der Waals surface area contributed by atoms with Gasteiger partial charge in [-0.15, -0.1) is 0 Å². The summed E-state index contributed by atoms with van der Waals surface area (Å²) >= 11 is 0. The van der Waals surface area contributed by atoms with E-state index in [1.807, 2.05) is 0 Å². The summed E-state index contributed by atoms with van der Waals surface area (Å²) < 4.78 is 0. The molecule has 0 radical (unpaired) electrons. The van der Waals surface area contributed by atoms with Gasteiger partial charge in [0.25, 0.3) is 0 Å². The Bertz CT molecular complexity index is 9.61. The molecular formula is H4CaMgO2Ti. The summed E-state index contributed by atoms with van der Waals surface area (Å²) in [5.41, 5.74) is 0. The molecule has 0 unspecified atom stereocenters. The van der Waals surface area contributed by atoms with Gasteiger partial charge in [0.05, 0.1) is 0 Å². The standard InChI is InChI=1S/Ca.Mg.2O.Ti.4H/q;;2*-2;+4;;;;. The van der Waals surface area contributed by atoms with Crippen molar-refractivity contribution in [2.45, 2.75) is 0 Å². The van der Waals surface area contributed by atoms with Gasteiger partial charge in [-0.1, -0.05) is 0 Å². The monoisotopic (exact) mass is 148 g/mol. The van der Waals surface area contributed by atoms with E-state index in [0.717, 1.165) is 0 Å². The first-order valence-electron chi connectivity index (χ1n) is 0. The van der Waals surface area contributed by atoms with Crippen LogP contribution in [0.15, 0.2) is 0 Å². The average molecular weight is 148 g/mol. The Hall–Kier alpha value is 2.66. The summed E-state index contributed by atoms with van der Waals surface area (Å²) in [6, 6.07) is 0. The van der Waals surface area contributed by atoms with E-state index in [-0.39, 0.29) is 93.5 Å². The molecule has 0 bridgehead atoms. The van der Waals surface area contributed by atoms with Crippen molar-refractivity contribution in [2.24, 2.45) is 0 Å². The van der Waals surface area contributed by atoms with Crippen LogP contribution in [0.2, 0.25) is 0 Å². The van der Waals surface area contributed by atoms with Gasteiger partial charge < -0.3 is 11.0 Å². The molecule has 0 atom stereocenters. The van der Waals surface area contributed by atoms with Gasteiger partial charge in [0, 0.05) is 0 Å². The van der Waals surface area contributed by atoms with Crippen molar-refractivity contribution in [1.82, 2.24) is 0 Å². The van der Waals surface area contributed by atoms with Crippen LogP contribution in [0.5, 0.6) is 0 Å². The van der Waals surface area contributed by atoms with Gasteiger partial charge in [-0.2, -0.15) is 0 Å². The van der Waals surface area contributed by atoms with E-state index < -0.39 is 0 Å². The average Bonchev–Trinajstić information content (AvgIpc) is 0. The smallest absolute Gasteiger partial charge is 2.00 e. The van der Waals surface area contributed by atoms with Gasteiger partial charge in [0.2, 0.25) is 0 Å². The molecule has 0 saturated carbocycles. The first-order valence-corrected chi connectivity index (χ1v) is 0. The topological polar surface area (TPSA) is 57.0 Å². The van der Waals surface area contributed by atoms with Crippen LogP contribution in [0, 0.1) is 0 Å². The molecule has 0 N–H and O–H groups in total. The molecule has 0 aromatic rings. The van der Waals surface area contributed by atoms with E-state index in [4.69, 9.17) is 0 Å². The van der Waals surface area contributed by atoms with Crippen LogP contribution >= 0.6 is 0 Å². The van der Waals surface area contributed by atoms with E-state index in [1.165, 1.54) is 0 Å². The molecule has 2 nitrogen and oxygen atoms in total. The Morgan fingerprint density at radius 2 is 0.800 bits per heavy atom. The predicted octanol–water partition coefficient (Wildman–Crippen LogP) is -2.07. The second-order valence-electron chi connectivity index (χ2n) is 0. The summed E-state index contributed by atoms with van der Waals surface area (Å²) in [4.78, 5) is 0. The van der Waals surface area contributed by atoms with Gasteiger partial charge in [0.15, 0.2) is 0 Å². The second-order valence-corrected chi connectivity index (χ2v) is 0. The van der Waals surface area contributed by atoms with Crippen LogP contribution in [0.25, 0.3) is 0 Å². The van der Waals surface area contributed by atoms with Crippen LogP contribution in [0.1, 0.15) is 0 Å². The maximum Gasteiger partial charge on any atom is 4.00 e. The fraction of sp³-hybridized carbons (Fsp3) is 0. The largest absolute Gasteiger partial charge is 4.00 e. The fourth-order valence-corrected chi connectivity index (χ4v) is 0. The Morgan fingerprint density at radius 3 is 0.800 bits per heavy atom. The molecule has 0 rings (SSSR count). The molecule has 0 fully saturated rings. The van der Waals surface area contributed by atoms with E-state index in [1.54, 1.807) is 0 Å². The molecule has 0 aromatic carbocycles. The number of hydrogen-bond acceptors (Lipinski definition) is 0. The summed E-state index contributed by atoms with van der Waals surface area (Å²) in [5.74, 6) is 0. The third-order valence-corrected chi connectivity index (χ3v) is 0. The first-order chi connectivity index (χ1) is 0. The minimum absolute atomic E-state index is 0. The second kappa shape index (κ2) is 30.2. The van der Waals surface area contributed by atoms with Crippen LogP contribution in [-0.4, -0.2) is 60.8 Å². The molecular weight excluding hydrogens is 144 g/mol. The molecule has 24 valence electrons. The maximum atomic E-state index is 0. The molecule has 0 saturated heterocycles. The van der Waals surface area contributed by atoms with Crippen molar-refractivity contribution in [1.29, 1.82) is 0 Å². The van der Waals surface area contributed by atoms with E-state index >= 15 is 0 Å². The molecule has 0 aliphatic rings. The predicted molar refractivity (Wildman–Crippen MR) is 18.5 cm³/mol. The zero-order chi connectivity index (χ0) is 0. The molecule has 0 aromatic heterocycles. The number of rotatable bonds is 0. The Morgan fingerprint density at radius 1 is 0.800 bits per heavy atom. The minimum Gasteiger partial charge on any atom is -2.00 e. The first kappa shape index (κ1) is 48.0.